The fraction of sp³-hybridized carbons (Fsp3) is 0.294. The van der Waals surface area contributed by atoms with Crippen molar-refractivity contribution in [2.75, 3.05) is 11.9 Å². The van der Waals surface area contributed by atoms with E-state index >= 15 is 0 Å². The number of hydrogen-bond donors (Lipinski definition) is 2. The molecule has 0 unspecified atom stereocenters. The molecule has 21 heavy (non-hydrogen) atoms. The highest BCUT2D eigenvalue weighted by atomic mass is 15.2. The molecule has 0 aliphatic heterocycles. The van der Waals surface area contributed by atoms with Crippen molar-refractivity contribution in [1.82, 2.24) is 4.98 Å². The molecule has 2 rings (SSSR count). The van der Waals surface area contributed by atoms with Gasteiger partial charge in [-0.3, -0.25) is 5.41 Å². The minimum absolute atomic E-state index is 0.0478. The Hall–Kier alpha value is -2.36. The lowest BCUT2D eigenvalue weighted by molar-refractivity contribution is 1.06. The van der Waals surface area contributed by atoms with Crippen LogP contribution < -0.4 is 10.6 Å². The molecule has 1 aromatic heterocycles. The first-order chi connectivity index (χ1) is 9.81. The van der Waals surface area contributed by atoms with Crippen molar-refractivity contribution in [2.45, 2.75) is 27.7 Å². The number of hydrogen-bond acceptors (Lipinski definition) is 3. The van der Waals surface area contributed by atoms with E-state index in [0.29, 0.717) is 5.56 Å². The van der Waals surface area contributed by atoms with Crippen LogP contribution in [0.25, 0.3) is 0 Å². The lowest BCUT2D eigenvalue weighted by Gasteiger charge is -2.24. The van der Waals surface area contributed by atoms with Gasteiger partial charge in [-0.15, -0.1) is 0 Å². The number of pyridine rings is 1. The highest BCUT2D eigenvalue weighted by Gasteiger charge is 2.17. The summed E-state index contributed by atoms with van der Waals surface area (Å²) >= 11 is 0. The first-order valence-corrected chi connectivity index (χ1v) is 6.95. The van der Waals surface area contributed by atoms with Gasteiger partial charge in [-0.2, -0.15) is 0 Å². The molecule has 0 aliphatic carbocycles. The van der Waals surface area contributed by atoms with E-state index in [9.17, 15) is 0 Å². The third-order valence-corrected chi connectivity index (χ3v) is 3.63. The van der Waals surface area contributed by atoms with Gasteiger partial charge in [-0.05, 0) is 51.0 Å². The monoisotopic (exact) mass is 282 g/mol. The zero-order chi connectivity index (χ0) is 15.7. The molecule has 4 heteroatoms. The van der Waals surface area contributed by atoms with E-state index in [1.54, 1.807) is 0 Å². The van der Waals surface area contributed by atoms with E-state index < -0.39 is 0 Å². The molecule has 0 saturated heterocycles. The van der Waals surface area contributed by atoms with Crippen LogP contribution in [0, 0.1) is 33.1 Å². The van der Waals surface area contributed by atoms with Gasteiger partial charge in [-0.1, -0.05) is 17.7 Å². The summed E-state index contributed by atoms with van der Waals surface area (Å²) in [6.07, 6.45) is 0. The second-order valence-electron chi connectivity index (χ2n) is 5.54. The summed E-state index contributed by atoms with van der Waals surface area (Å²) in [4.78, 5) is 6.61. The average Bonchev–Trinajstić information content (AvgIpc) is 2.36. The van der Waals surface area contributed by atoms with E-state index in [1.807, 2.05) is 31.9 Å². The summed E-state index contributed by atoms with van der Waals surface area (Å²) in [5.41, 5.74) is 11.8. The number of nitrogens with zero attached hydrogens (tertiary/aromatic N) is 2. The summed E-state index contributed by atoms with van der Waals surface area (Å²) in [5.74, 6) is 0.776. The lowest BCUT2D eigenvalue weighted by atomic mass is 10.1. The van der Waals surface area contributed by atoms with Gasteiger partial charge in [0.2, 0.25) is 0 Å². The number of aryl methyl sites for hydroxylation is 4. The van der Waals surface area contributed by atoms with Gasteiger partial charge in [0.05, 0.1) is 5.56 Å². The third kappa shape index (κ3) is 2.89. The van der Waals surface area contributed by atoms with Gasteiger partial charge >= 0.3 is 0 Å². The van der Waals surface area contributed by atoms with E-state index in [4.69, 9.17) is 11.1 Å². The fourth-order valence-electron chi connectivity index (χ4n) is 2.69. The number of nitrogens with two attached hydrogens (primary N) is 1. The van der Waals surface area contributed by atoms with Crippen molar-refractivity contribution in [2.24, 2.45) is 5.73 Å². The summed E-state index contributed by atoms with van der Waals surface area (Å²) < 4.78 is 0. The van der Waals surface area contributed by atoms with E-state index in [0.717, 1.165) is 22.8 Å². The number of aromatic nitrogens is 1. The van der Waals surface area contributed by atoms with Crippen LogP contribution in [0.2, 0.25) is 0 Å². The van der Waals surface area contributed by atoms with Crippen molar-refractivity contribution >= 4 is 17.3 Å². The minimum Gasteiger partial charge on any atom is -0.384 e. The number of nitrogen functional groups attached to an aromatic ring is 1. The number of anilines is 2. The predicted octanol–water partition coefficient (Wildman–Crippen LogP) is 3.37. The van der Waals surface area contributed by atoms with Crippen LogP contribution >= 0.6 is 0 Å². The standard InChI is InChI=1S/C17H22N4/c1-10-6-7-14(11(2)8-10)21(5)17-15(16(18)19)12(3)9-13(4)20-17/h6-9H,1-5H3,(H3,18,19). The topological polar surface area (TPSA) is 66.0 Å². The van der Waals surface area contributed by atoms with Crippen molar-refractivity contribution in [3.63, 3.8) is 0 Å². The molecule has 0 fully saturated rings. The Bertz CT molecular complexity index is 704. The largest absolute Gasteiger partial charge is 0.384 e. The van der Waals surface area contributed by atoms with Crippen LogP contribution in [0.5, 0.6) is 0 Å². The quantitative estimate of drug-likeness (QED) is 0.670. The molecule has 1 aromatic carbocycles. The molecule has 0 amide bonds. The molecule has 0 bridgehead atoms. The van der Waals surface area contributed by atoms with Crippen LogP contribution in [-0.4, -0.2) is 17.9 Å². The van der Waals surface area contributed by atoms with E-state index in [-0.39, 0.29) is 5.84 Å². The van der Waals surface area contributed by atoms with Crippen molar-refractivity contribution in [3.8, 4) is 0 Å². The SMILES string of the molecule is Cc1ccc(N(C)c2nc(C)cc(C)c2C(=N)N)c(C)c1. The average molecular weight is 282 g/mol. The van der Waals surface area contributed by atoms with Crippen molar-refractivity contribution < 1.29 is 0 Å². The predicted molar refractivity (Wildman–Crippen MR) is 88.7 cm³/mol. The highest BCUT2D eigenvalue weighted by Crippen LogP contribution is 2.30. The molecule has 0 aliphatic rings. The van der Waals surface area contributed by atoms with Crippen LogP contribution in [-0.2, 0) is 0 Å². The molecule has 0 spiro atoms. The maximum atomic E-state index is 7.84. The third-order valence-electron chi connectivity index (χ3n) is 3.63. The summed E-state index contributed by atoms with van der Waals surface area (Å²) in [6, 6.07) is 8.25. The Kier molecular flexibility index (Phi) is 3.98. The Labute approximate surface area is 126 Å². The van der Waals surface area contributed by atoms with Gasteiger partial charge in [0.15, 0.2) is 0 Å². The Morgan fingerprint density at radius 3 is 2.33 bits per heavy atom. The highest BCUT2D eigenvalue weighted by molar-refractivity contribution is 6.01. The maximum absolute atomic E-state index is 7.84. The number of amidine groups is 1. The minimum atomic E-state index is 0.0478. The van der Waals surface area contributed by atoms with Gasteiger partial charge in [-0.25, -0.2) is 4.98 Å². The normalized spacial score (nSPS) is 10.5. The van der Waals surface area contributed by atoms with Crippen LogP contribution in [0.4, 0.5) is 11.5 Å². The molecule has 0 atom stereocenters. The van der Waals surface area contributed by atoms with Crippen molar-refractivity contribution in [1.29, 1.82) is 5.41 Å². The Morgan fingerprint density at radius 2 is 1.76 bits per heavy atom. The van der Waals surface area contributed by atoms with Crippen LogP contribution in [0.1, 0.15) is 27.9 Å². The lowest BCUT2D eigenvalue weighted by Crippen LogP contribution is -2.22. The molecule has 2 aromatic rings. The molecule has 1 heterocycles. The molecule has 0 saturated carbocycles. The number of benzene rings is 1. The Balaban J connectivity index is 2.62. The first kappa shape index (κ1) is 15.0. The second kappa shape index (κ2) is 5.56. The molecular weight excluding hydrogens is 260 g/mol. The zero-order valence-corrected chi connectivity index (χ0v) is 13.3. The molecular formula is C17H22N4. The second-order valence-corrected chi connectivity index (χ2v) is 5.54. The van der Waals surface area contributed by atoms with Gasteiger partial charge in [0.1, 0.15) is 11.7 Å². The summed E-state index contributed by atoms with van der Waals surface area (Å²) in [7, 11) is 1.96. The smallest absolute Gasteiger partial charge is 0.144 e. The molecule has 3 N–H and O–H groups in total. The number of rotatable bonds is 3. The summed E-state index contributed by atoms with van der Waals surface area (Å²) in [5, 5.41) is 7.84. The van der Waals surface area contributed by atoms with Crippen LogP contribution in [0.3, 0.4) is 0 Å². The van der Waals surface area contributed by atoms with Gasteiger partial charge < -0.3 is 10.6 Å². The summed E-state index contributed by atoms with van der Waals surface area (Å²) in [6.45, 7) is 8.07. The molecule has 110 valence electrons. The Morgan fingerprint density at radius 1 is 1.10 bits per heavy atom. The maximum Gasteiger partial charge on any atom is 0.144 e. The van der Waals surface area contributed by atoms with Crippen LogP contribution in [0.15, 0.2) is 24.3 Å². The van der Waals surface area contributed by atoms with Gasteiger partial charge in [0, 0.05) is 18.4 Å². The van der Waals surface area contributed by atoms with E-state index in [1.165, 1.54) is 11.1 Å². The zero-order valence-electron chi connectivity index (χ0n) is 13.3. The molecule has 4 nitrogen and oxygen atoms in total. The van der Waals surface area contributed by atoms with Crippen molar-refractivity contribution in [3.05, 3.63) is 52.2 Å². The van der Waals surface area contributed by atoms with E-state index in [2.05, 4.69) is 37.0 Å². The first-order valence-electron chi connectivity index (χ1n) is 6.95. The van der Waals surface area contributed by atoms with Gasteiger partial charge in [0.25, 0.3) is 0 Å². The fourth-order valence-corrected chi connectivity index (χ4v) is 2.69. The number of nitrogens with one attached hydrogen (secondary N) is 1. The molecule has 0 radical (unpaired) electrons.